The predicted octanol–water partition coefficient (Wildman–Crippen LogP) is 1.64. The molecular formula is C13H25N5OS. The van der Waals surface area contributed by atoms with Gasteiger partial charge in [-0.25, -0.2) is 0 Å². The molecule has 1 aliphatic rings. The smallest absolute Gasteiger partial charge is 0.222 e. The van der Waals surface area contributed by atoms with Crippen LogP contribution in [0.5, 0.6) is 0 Å². The van der Waals surface area contributed by atoms with Gasteiger partial charge in [-0.3, -0.25) is 9.47 Å². The first-order valence-electron chi connectivity index (χ1n) is 7.18. The average Bonchev–Trinajstić information content (AvgIpc) is 2.78. The number of ether oxygens (including phenoxy) is 1. The Morgan fingerprint density at radius 3 is 2.70 bits per heavy atom. The lowest BCUT2D eigenvalue weighted by atomic mass is 10.2. The summed E-state index contributed by atoms with van der Waals surface area (Å²) >= 11 is 1.67. The molecule has 0 spiro atoms. The summed E-state index contributed by atoms with van der Waals surface area (Å²) in [5.74, 6) is 1.37. The summed E-state index contributed by atoms with van der Waals surface area (Å²) < 4.78 is 7.80. The topological polar surface area (TPSA) is 69.2 Å². The fourth-order valence-electron chi connectivity index (χ4n) is 2.35. The minimum Gasteiger partial charge on any atom is -0.375 e. The normalized spacial score (nSPS) is 21.0. The van der Waals surface area contributed by atoms with Gasteiger partial charge in [-0.2, -0.15) is 0 Å². The van der Waals surface area contributed by atoms with Crippen molar-refractivity contribution >= 4 is 17.7 Å². The largest absolute Gasteiger partial charge is 0.375 e. The lowest BCUT2D eigenvalue weighted by molar-refractivity contribution is -0.0265. The van der Waals surface area contributed by atoms with Gasteiger partial charge in [-0.1, -0.05) is 11.8 Å². The Kier molecular flexibility index (Phi) is 5.29. The molecule has 0 aromatic carbocycles. The zero-order valence-electron chi connectivity index (χ0n) is 12.7. The van der Waals surface area contributed by atoms with E-state index in [0.29, 0.717) is 12.0 Å². The molecule has 1 aliphatic heterocycles. The van der Waals surface area contributed by atoms with Crippen molar-refractivity contribution < 1.29 is 4.74 Å². The lowest BCUT2D eigenvalue weighted by Gasteiger charge is -2.35. The van der Waals surface area contributed by atoms with E-state index in [0.717, 1.165) is 30.6 Å². The summed E-state index contributed by atoms with van der Waals surface area (Å²) in [6, 6.07) is 0.841. The summed E-state index contributed by atoms with van der Waals surface area (Å²) in [6.07, 6.45) is 0.245. The molecule has 2 heterocycles. The molecule has 0 radical (unpaired) electrons. The lowest BCUT2D eigenvalue weighted by Crippen LogP contribution is -2.46. The Morgan fingerprint density at radius 2 is 2.05 bits per heavy atom. The van der Waals surface area contributed by atoms with Gasteiger partial charge in [0, 0.05) is 30.9 Å². The zero-order valence-corrected chi connectivity index (χ0v) is 13.6. The van der Waals surface area contributed by atoms with Crippen LogP contribution in [-0.2, 0) is 4.74 Å². The van der Waals surface area contributed by atoms with Crippen molar-refractivity contribution in [3.63, 3.8) is 0 Å². The molecule has 1 aromatic rings. The zero-order chi connectivity index (χ0) is 14.7. The van der Waals surface area contributed by atoms with E-state index in [9.17, 15) is 0 Å². The maximum atomic E-state index is 5.85. The number of hydrogen-bond acceptors (Lipinski definition) is 6. The van der Waals surface area contributed by atoms with E-state index in [4.69, 9.17) is 10.5 Å². The molecule has 1 aromatic heterocycles. The Hall–Kier alpha value is -0.790. The second-order valence-corrected chi connectivity index (χ2v) is 6.68. The highest BCUT2D eigenvalue weighted by Crippen LogP contribution is 2.24. The summed E-state index contributed by atoms with van der Waals surface area (Å²) in [5, 5.41) is 9.00. The third-order valence-electron chi connectivity index (χ3n) is 3.51. The molecule has 1 fully saturated rings. The Morgan fingerprint density at radius 1 is 1.30 bits per heavy atom. The monoisotopic (exact) mass is 299 g/mol. The molecule has 0 bridgehead atoms. The minimum absolute atomic E-state index is 0.245. The Labute approximate surface area is 125 Å². The van der Waals surface area contributed by atoms with Crippen molar-refractivity contribution in [2.75, 3.05) is 31.2 Å². The fourth-order valence-corrected chi connectivity index (χ4v) is 3.43. The van der Waals surface area contributed by atoms with E-state index in [2.05, 4.69) is 42.8 Å². The first-order chi connectivity index (χ1) is 9.49. The van der Waals surface area contributed by atoms with Crippen LogP contribution in [0.2, 0.25) is 0 Å². The van der Waals surface area contributed by atoms with E-state index in [1.54, 1.807) is 11.8 Å². The Balaban J connectivity index is 1.92. The number of hydrogen-bond donors (Lipinski definition) is 1. The summed E-state index contributed by atoms with van der Waals surface area (Å²) in [6.45, 7) is 11.4. The maximum Gasteiger partial charge on any atom is 0.222 e. The average molecular weight is 299 g/mol. The number of nitrogens with zero attached hydrogens (tertiary/aromatic N) is 4. The SMILES string of the molecule is CC(C)N1CCOC(CSc2nnc(N)n2C(C)C)C1. The van der Waals surface area contributed by atoms with Gasteiger partial charge in [0.25, 0.3) is 0 Å². The summed E-state index contributed by atoms with van der Waals surface area (Å²) in [5.41, 5.74) is 5.85. The third kappa shape index (κ3) is 3.65. The van der Waals surface area contributed by atoms with Crippen LogP contribution in [0.25, 0.3) is 0 Å². The van der Waals surface area contributed by atoms with Gasteiger partial charge in [-0.15, -0.1) is 10.2 Å². The number of rotatable bonds is 5. The summed E-state index contributed by atoms with van der Waals surface area (Å²) in [7, 11) is 0. The van der Waals surface area contributed by atoms with Crippen LogP contribution in [0.3, 0.4) is 0 Å². The first-order valence-corrected chi connectivity index (χ1v) is 8.16. The van der Waals surface area contributed by atoms with Crippen LogP contribution in [0.15, 0.2) is 5.16 Å². The highest BCUT2D eigenvalue weighted by atomic mass is 32.2. The number of nitrogen functional groups attached to an aromatic ring is 1. The third-order valence-corrected chi connectivity index (χ3v) is 4.58. The van der Waals surface area contributed by atoms with Crippen LogP contribution in [0.4, 0.5) is 5.95 Å². The molecule has 1 atom stereocenters. The van der Waals surface area contributed by atoms with Gasteiger partial charge in [0.1, 0.15) is 0 Å². The van der Waals surface area contributed by atoms with E-state index in [1.807, 2.05) is 4.57 Å². The quantitative estimate of drug-likeness (QED) is 0.834. The molecule has 2 rings (SSSR count). The van der Waals surface area contributed by atoms with Gasteiger partial charge in [0.2, 0.25) is 5.95 Å². The molecule has 0 saturated carbocycles. The van der Waals surface area contributed by atoms with Gasteiger partial charge in [0.15, 0.2) is 5.16 Å². The van der Waals surface area contributed by atoms with Crippen LogP contribution in [0.1, 0.15) is 33.7 Å². The van der Waals surface area contributed by atoms with Crippen molar-refractivity contribution in [1.82, 2.24) is 19.7 Å². The standard InChI is InChI=1S/C13H25N5OS/c1-9(2)17-5-6-19-11(7-17)8-20-13-16-15-12(14)18(13)10(3)4/h9-11H,5-8H2,1-4H3,(H2,14,15). The highest BCUT2D eigenvalue weighted by Gasteiger charge is 2.23. The van der Waals surface area contributed by atoms with Gasteiger partial charge >= 0.3 is 0 Å². The second-order valence-electron chi connectivity index (χ2n) is 5.70. The molecule has 2 N–H and O–H groups in total. The van der Waals surface area contributed by atoms with E-state index >= 15 is 0 Å². The number of anilines is 1. The number of morpholine rings is 1. The number of nitrogens with two attached hydrogens (primary N) is 1. The van der Waals surface area contributed by atoms with Gasteiger partial charge in [0.05, 0.1) is 12.7 Å². The molecule has 7 heteroatoms. The van der Waals surface area contributed by atoms with Crippen molar-refractivity contribution in [3.05, 3.63) is 0 Å². The number of thioether (sulfide) groups is 1. The molecule has 114 valence electrons. The van der Waals surface area contributed by atoms with Crippen molar-refractivity contribution in [1.29, 1.82) is 0 Å². The van der Waals surface area contributed by atoms with Crippen LogP contribution >= 0.6 is 11.8 Å². The summed E-state index contributed by atoms with van der Waals surface area (Å²) in [4.78, 5) is 2.45. The Bertz CT molecular complexity index is 434. The van der Waals surface area contributed by atoms with Gasteiger partial charge < -0.3 is 10.5 Å². The molecule has 6 nitrogen and oxygen atoms in total. The van der Waals surface area contributed by atoms with Gasteiger partial charge in [-0.05, 0) is 27.7 Å². The maximum absolute atomic E-state index is 5.85. The number of aromatic nitrogens is 3. The minimum atomic E-state index is 0.245. The van der Waals surface area contributed by atoms with Crippen LogP contribution in [0, 0.1) is 0 Å². The van der Waals surface area contributed by atoms with Crippen molar-refractivity contribution in [2.45, 2.75) is 51.0 Å². The van der Waals surface area contributed by atoms with E-state index in [-0.39, 0.29) is 12.1 Å². The molecule has 1 saturated heterocycles. The molecule has 0 aliphatic carbocycles. The van der Waals surface area contributed by atoms with Crippen molar-refractivity contribution in [2.24, 2.45) is 0 Å². The molecule has 0 amide bonds. The van der Waals surface area contributed by atoms with Crippen molar-refractivity contribution in [3.8, 4) is 0 Å². The molecule has 1 unspecified atom stereocenters. The van der Waals surface area contributed by atoms with Crippen LogP contribution < -0.4 is 5.73 Å². The van der Waals surface area contributed by atoms with E-state index < -0.39 is 0 Å². The first kappa shape index (κ1) is 15.6. The van der Waals surface area contributed by atoms with E-state index in [1.165, 1.54) is 0 Å². The highest BCUT2D eigenvalue weighted by molar-refractivity contribution is 7.99. The predicted molar refractivity (Wildman–Crippen MR) is 82.0 cm³/mol. The molecular weight excluding hydrogens is 274 g/mol. The van der Waals surface area contributed by atoms with Crippen LogP contribution in [-0.4, -0.2) is 57.3 Å². The fraction of sp³-hybridized carbons (Fsp3) is 0.846. The molecule has 20 heavy (non-hydrogen) atoms. The second kappa shape index (κ2) is 6.78.